The zero-order valence-corrected chi connectivity index (χ0v) is 39.7. The van der Waals surface area contributed by atoms with Gasteiger partial charge in [-0.05, 0) is 57.2 Å². The summed E-state index contributed by atoms with van der Waals surface area (Å²) in [7, 11) is 8.81. The van der Waals surface area contributed by atoms with Gasteiger partial charge in [-0.2, -0.15) is 17.6 Å². The first-order chi connectivity index (χ1) is 34.3. The number of aromatic hydroxyl groups is 1. The number of rotatable bonds is 14. The number of phenolic OH excluding ortho intramolecular Hbond substituents is 1. The summed E-state index contributed by atoms with van der Waals surface area (Å²) in [5.41, 5.74) is 7.45. The molecule has 0 aliphatic rings. The van der Waals surface area contributed by atoms with Gasteiger partial charge in [0.05, 0.1) is 52.3 Å². The molecule has 0 saturated heterocycles. The van der Waals surface area contributed by atoms with Crippen LogP contribution in [-0.2, 0) is 34.0 Å². The number of ether oxygens (including phenoxy) is 7. The second kappa shape index (κ2) is 29.6. The van der Waals surface area contributed by atoms with Gasteiger partial charge in [-0.1, -0.05) is 18.2 Å². The Balaban J connectivity index is 0.000000495. The van der Waals surface area contributed by atoms with Gasteiger partial charge in [0.2, 0.25) is 63.9 Å². The maximum absolute atomic E-state index is 13.6. The number of phenols is 1. The van der Waals surface area contributed by atoms with Gasteiger partial charge in [0.1, 0.15) is 18.6 Å². The number of amides is 1. The molecule has 392 valence electrons. The molecule has 14 nitrogen and oxygen atoms in total. The van der Waals surface area contributed by atoms with Crippen LogP contribution in [0.1, 0.15) is 69.9 Å². The van der Waals surface area contributed by atoms with E-state index in [1.807, 2.05) is 26.8 Å². The first-order valence-corrected chi connectivity index (χ1v) is 19.9. The highest BCUT2D eigenvalue weighted by molar-refractivity contribution is 5.96. The van der Waals surface area contributed by atoms with Crippen molar-refractivity contribution in [1.29, 1.82) is 0 Å². The predicted molar refractivity (Wildman–Crippen MR) is 237 cm³/mol. The summed E-state index contributed by atoms with van der Waals surface area (Å²) in [6, 6.07) is 14.3. The number of carbonyl (C=O) groups is 3. The first-order valence-electron chi connectivity index (χ1n) is 20.4. The summed E-state index contributed by atoms with van der Waals surface area (Å²) in [6.07, 6.45) is 5.76. The molecule has 0 heterocycles. The lowest BCUT2D eigenvalue weighted by Crippen LogP contribution is -2.48. The van der Waals surface area contributed by atoms with Gasteiger partial charge < -0.3 is 43.4 Å². The number of esters is 1. The van der Waals surface area contributed by atoms with Crippen LogP contribution in [0.25, 0.3) is 0 Å². The number of carboxylic acid groups (broad SMARTS) is 1. The summed E-state index contributed by atoms with van der Waals surface area (Å²) >= 11 is 0. The average molecular weight is 1040 g/mol. The zero-order valence-electron chi connectivity index (χ0n) is 40.7. The summed E-state index contributed by atoms with van der Waals surface area (Å²) in [4.78, 5) is 35.2. The van der Waals surface area contributed by atoms with Gasteiger partial charge in [-0.3, -0.25) is 10.2 Å². The number of terminal acetylenes is 1. The topological polar surface area (TPSA) is 180 Å². The molecule has 0 aliphatic heterocycles. The van der Waals surface area contributed by atoms with Crippen molar-refractivity contribution in [1.82, 2.24) is 10.9 Å². The van der Waals surface area contributed by atoms with E-state index in [4.69, 9.17) is 40.0 Å². The molecule has 0 fully saturated rings. The largest absolute Gasteiger partial charge is 0.503 e. The van der Waals surface area contributed by atoms with E-state index in [1.165, 1.54) is 59.1 Å². The molecule has 0 bridgehead atoms. The van der Waals surface area contributed by atoms with Gasteiger partial charge >= 0.3 is 11.9 Å². The molecule has 5 aromatic carbocycles. The van der Waals surface area contributed by atoms with Crippen LogP contribution in [0, 0.1) is 71.0 Å². The van der Waals surface area contributed by atoms with E-state index < -0.39 is 81.6 Å². The number of carboxylic acids is 1. The number of halogens is 10. The van der Waals surface area contributed by atoms with Crippen molar-refractivity contribution in [3.63, 3.8) is 0 Å². The maximum atomic E-state index is 13.6. The van der Waals surface area contributed by atoms with Crippen LogP contribution >= 0.6 is 0 Å². The van der Waals surface area contributed by atoms with Gasteiger partial charge in [0.15, 0.2) is 5.75 Å². The molecular formula is C48H48F10N2O12. The summed E-state index contributed by atoms with van der Waals surface area (Å²) in [5.74, 6) is -27.0. The molecule has 1 amide bonds. The molecule has 4 N–H and O–H groups in total. The lowest BCUT2D eigenvalue weighted by molar-refractivity contribution is 0.0687. The van der Waals surface area contributed by atoms with Crippen LogP contribution in [-0.4, -0.2) is 76.3 Å². The van der Waals surface area contributed by atoms with Gasteiger partial charge in [0, 0.05) is 49.1 Å². The van der Waals surface area contributed by atoms with E-state index in [1.54, 1.807) is 38.5 Å². The third-order valence-corrected chi connectivity index (χ3v) is 8.72. The molecule has 72 heavy (non-hydrogen) atoms. The second-order valence-electron chi connectivity index (χ2n) is 14.6. The fourth-order valence-electron chi connectivity index (χ4n) is 5.48. The minimum atomic E-state index is -2.35. The Labute approximate surface area is 407 Å². The Morgan fingerprint density at radius 1 is 0.556 bits per heavy atom. The van der Waals surface area contributed by atoms with Crippen LogP contribution in [0.3, 0.4) is 0 Å². The first kappa shape index (κ1) is 60.5. The van der Waals surface area contributed by atoms with E-state index in [0.29, 0.717) is 29.2 Å². The maximum Gasteiger partial charge on any atom is 0.344 e. The molecule has 5 aromatic rings. The molecule has 0 unspecified atom stereocenters. The number of nitrogens with one attached hydrogen (secondary N) is 2. The number of carbonyl (C=O) groups excluding carboxylic acids is 2. The van der Waals surface area contributed by atoms with Crippen LogP contribution in [0.2, 0.25) is 0 Å². The highest BCUT2D eigenvalue weighted by Gasteiger charge is 2.30. The SMILES string of the molecule is COCc1c(OC)cccc1C(=O)NNC(C)(C)C.COCc1c(OC)cccc1C(=O)O.COCc1c(OC)cccc1C(=O)Oc1c(F)c(F)c(F)c(F)c1F.Oc1c(F)c(F)c(F)c(F)c1F.[2H]C#C. The molecule has 0 atom stereocenters. The number of hydrogen-bond donors (Lipinski definition) is 4. The molecule has 5 rings (SSSR count). The average Bonchev–Trinajstić information content (AvgIpc) is 3.37. The van der Waals surface area contributed by atoms with Crippen LogP contribution in [0.4, 0.5) is 43.9 Å². The van der Waals surface area contributed by atoms with Crippen molar-refractivity contribution in [2.45, 2.75) is 46.1 Å². The summed E-state index contributed by atoms with van der Waals surface area (Å²) in [5, 5.41) is 17.2. The van der Waals surface area contributed by atoms with Crippen molar-refractivity contribution >= 4 is 17.8 Å². The minimum Gasteiger partial charge on any atom is -0.503 e. The molecule has 0 aliphatic carbocycles. The lowest BCUT2D eigenvalue weighted by atomic mass is 10.1. The number of benzene rings is 5. The number of methoxy groups -OCH3 is 6. The summed E-state index contributed by atoms with van der Waals surface area (Å²) < 4.78 is 168. The Hall–Kier alpha value is -7.59. The van der Waals surface area contributed by atoms with E-state index in [-0.39, 0.29) is 47.1 Å². The van der Waals surface area contributed by atoms with Crippen molar-refractivity contribution in [3.05, 3.63) is 146 Å². The number of hydrazine groups is 1. The van der Waals surface area contributed by atoms with E-state index in [2.05, 4.69) is 22.0 Å². The normalized spacial score (nSPS) is 10.4. The van der Waals surface area contributed by atoms with Crippen molar-refractivity contribution in [2.24, 2.45) is 0 Å². The van der Waals surface area contributed by atoms with Crippen molar-refractivity contribution in [3.8, 4) is 41.6 Å². The van der Waals surface area contributed by atoms with Crippen molar-refractivity contribution < 1.29 is 103 Å². The molecule has 0 spiro atoms. The monoisotopic (exact) mass is 1040 g/mol. The smallest absolute Gasteiger partial charge is 0.344 e. The molecular weight excluding hydrogens is 987 g/mol. The Morgan fingerprint density at radius 2 is 0.875 bits per heavy atom. The summed E-state index contributed by atoms with van der Waals surface area (Å²) in [6.45, 7) is 6.33. The third kappa shape index (κ3) is 16.5. The number of hydrogen-bond acceptors (Lipinski definition) is 12. The standard InChI is InChI=1S/C16H11F5O4.C14H22N2O3.C10H12O4.C6HF5O.C2H2/c1-23-6-8-7(4-3-5-9(8)24-2)16(22)25-15-13(20)11(18)10(17)12(19)14(15)21;1-14(2,3)16-15-13(17)10-7-6-8-12(19-5)11(10)9-18-4;1-13-6-8-7(10(11)12)4-3-5-9(8)14-2;7-1-2(8)4(10)6(12)5(11)3(1)9;1-2/h3-5H,6H2,1-2H3;6-8,16H,9H2,1-5H3,(H,15,17);3-5H,6H2,1-2H3,(H,11,12);12H;1-2H/i;;;;1D. The lowest BCUT2D eigenvalue weighted by Gasteiger charge is -2.21. The predicted octanol–water partition coefficient (Wildman–Crippen LogP) is 9.51. The van der Waals surface area contributed by atoms with Crippen LogP contribution in [0.15, 0.2) is 54.6 Å². The molecule has 0 aromatic heterocycles. The fourth-order valence-corrected chi connectivity index (χ4v) is 5.48. The van der Waals surface area contributed by atoms with Gasteiger partial charge in [-0.25, -0.2) is 41.4 Å². The van der Waals surface area contributed by atoms with Crippen LogP contribution in [0.5, 0.6) is 28.7 Å². The van der Waals surface area contributed by atoms with E-state index >= 15 is 0 Å². The highest BCUT2D eigenvalue weighted by atomic mass is 19.2. The molecule has 0 saturated carbocycles. The minimum absolute atomic E-state index is 0.119. The van der Waals surface area contributed by atoms with Gasteiger partial charge in [-0.15, -0.1) is 12.8 Å². The van der Waals surface area contributed by atoms with Crippen molar-refractivity contribution in [2.75, 3.05) is 42.7 Å². The zero-order chi connectivity index (χ0) is 55.9. The van der Waals surface area contributed by atoms with Gasteiger partial charge in [0.25, 0.3) is 5.91 Å². The Kier molecular flexibility index (Phi) is 24.9. The van der Waals surface area contributed by atoms with Crippen LogP contribution < -0.4 is 29.8 Å². The third-order valence-electron chi connectivity index (χ3n) is 8.72. The molecule has 24 heteroatoms. The highest BCUT2D eigenvalue weighted by Crippen LogP contribution is 2.32. The second-order valence-corrected chi connectivity index (χ2v) is 14.6. The fraction of sp³-hybridized carbons (Fsp3) is 0.271. The van der Waals surface area contributed by atoms with E-state index in [9.17, 15) is 58.3 Å². The quantitative estimate of drug-likeness (QED) is 0.0157. The molecule has 0 radical (unpaired) electrons. The number of aromatic carboxylic acids is 1. The Bertz CT molecular complexity index is 2600. The Morgan fingerprint density at radius 3 is 1.22 bits per heavy atom. The van der Waals surface area contributed by atoms with E-state index in [0.717, 1.165) is 5.56 Å².